The first-order chi connectivity index (χ1) is 7.93. The van der Waals surface area contributed by atoms with Crippen LogP contribution in [0.4, 0.5) is 10.1 Å². The van der Waals surface area contributed by atoms with Gasteiger partial charge in [-0.2, -0.15) is 0 Å². The third-order valence-electron chi connectivity index (χ3n) is 2.55. The predicted octanol–water partition coefficient (Wildman–Crippen LogP) is 2.87. The van der Waals surface area contributed by atoms with Crippen molar-refractivity contribution >= 4 is 27.5 Å². The molecule has 0 spiro atoms. The molecular formula is C12H16BrFN2O. The Morgan fingerprint density at radius 1 is 1.53 bits per heavy atom. The van der Waals surface area contributed by atoms with E-state index < -0.39 is 0 Å². The Morgan fingerprint density at radius 3 is 2.71 bits per heavy atom. The Balaban J connectivity index is 2.65. The molecule has 1 aromatic rings. The molecule has 0 aliphatic rings. The highest BCUT2D eigenvalue weighted by Gasteiger charge is 2.13. The number of amides is 1. The number of carbonyl (C=O) groups excluding carboxylic acids is 1. The van der Waals surface area contributed by atoms with E-state index in [2.05, 4.69) is 21.2 Å². The molecule has 0 atom stereocenters. The van der Waals surface area contributed by atoms with Gasteiger partial charge in [-0.15, -0.1) is 0 Å². The summed E-state index contributed by atoms with van der Waals surface area (Å²) in [6, 6.07) is 4.81. The van der Waals surface area contributed by atoms with E-state index >= 15 is 0 Å². The molecule has 0 bridgehead atoms. The molecular weight excluding hydrogens is 287 g/mol. The van der Waals surface area contributed by atoms with Crippen LogP contribution in [0.15, 0.2) is 22.7 Å². The number of para-hydroxylation sites is 1. The topological polar surface area (TPSA) is 32.3 Å². The number of anilines is 1. The summed E-state index contributed by atoms with van der Waals surface area (Å²) < 4.78 is 14.1. The van der Waals surface area contributed by atoms with E-state index in [4.69, 9.17) is 0 Å². The predicted molar refractivity (Wildman–Crippen MR) is 70.5 cm³/mol. The van der Waals surface area contributed by atoms with Crippen molar-refractivity contribution in [2.24, 2.45) is 0 Å². The summed E-state index contributed by atoms with van der Waals surface area (Å²) >= 11 is 3.24. The summed E-state index contributed by atoms with van der Waals surface area (Å²) in [7, 11) is 1.73. The fourth-order valence-electron chi connectivity index (χ4n) is 1.24. The van der Waals surface area contributed by atoms with E-state index in [1.54, 1.807) is 24.1 Å². The van der Waals surface area contributed by atoms with Gasteiger partial charge in [0.2, 0.25) is 5.91 Å². The van der Waals surface area contributed by atoms with Crippen LogP contribution in [0.25, 0.3) is 0 Å². The highest BCUT2D eigenvalue weighted by molar-refractivity contribution is 9.10. The quantitative estimate of drug-likeness (QED) is 0.927. The Kier molecular flexibility index (Phi) is 4.93. The summed E-state index contributed by atoms with van der Waals surface area (Å²) in [5.41, 5.74) is 0.318. The first kappa shape index (κ1) is 14.0. The Hall–Kier alpha value is -1.10. The van der Waals surface area contributed by atoms with Gasteiger partial charge in [-0.25, -0.2) is 4.39 Å². The van der Waals surface area contributed by atoms with E-state index in [1.807, 2.05) is 13.8 Å². The van der Waals surface area contributed by atoms with Crippen molar-refractivity contribution in [3.63, 3.8) is 0 Å². The number of carbonyl (C=O) groups is 1. The molecule has 1 aromatic carbocycles. The van der Waals surface area contributed by atoms with Gasteiger partial charge in [0.1, 0.15) is 5.82 Å². The van der Waals surface area contributed by atoms with Crippen LogP contribution < -0.4 is 5.32 Å². The minimum Gasteiger partial charge on any atom is -0.373 e. The zero-order valence-electron chi connectivity index (χ0n) is 10.1. The maximum Gasteiger partial charge on any atom is 0.241 e. The van der Waals surface area contributed by atoms with Gasteiger partial charge in [0.25, 0.3) is 0 Å². The Labute approximate surface area is 109 Å². The highest BCUT2D eigenvalue weighted by Crippen LogP contribution is 2.24. The lowest BCUT2D eigenvalue weighted by Crippen LogP contribution is -2.37. The average molecular weight is 303 g/mol. The maximum atomic E-state index is 13.4. The molecule has 1 amide bonds. The van der Waals surface area contributed by atoms with Crippen LogP contribution >= 0.6 is 15.9 Å². The molecule has 0 fully saturated rings. The number of likely N-dealkylation sites (N-methyl/N-ethyl adjacent to an activating group) is 1. The lowest BCUT2D eigenvalue weighted by Gasteiger charge is -2.22. The molecule has 0 aliphatic carbocycles. The summed E-state index contributed by atoms with van der Waals surface area (Å²) in [6.07, 6.45) is 0. The van der Waals surface area contributed by atoms with Crippen LogP contribution in [-0.2, 0) is 4.79 Å². The molecule has 3 nitrogen and oxygen atoms in total. The number of benzene rings is 1. The Bertz CT molecular complexity index is 389. The molecule has 94 valence electrons. The minimum atomic E-state index is -0.376. The molecule has 17 heavy (non-hydrogen) atoms. The van der Waals surface area contributed by atoms with Crippen molar-refractivity contribution in [2.75, 3.05) is 18.9 Å². The van der Waals surface area contributed by atoms with E-state index in [0.717, 1.165) is 0 Å². The summed E-state index contributed by atoms with van der Waals surface area (Å²) in [5.74, 6) is -0.450. The van der Waals surface area contributed by atoms with Crippen molar-refractivity contribution in [3.05, 3.63) is 28.5 Å². The molecule has 0 aromatic heterocycles. The maximum absolute atomic E-state index is 13.4. The van der Waals surface area contributed by atoms with Crippen LogP contribution in [0.2, 0.25) is 0 Å². The van der Waals surface area contributed by atoms with Gasteiger partial charge in [-0.1, -0.05) is 6.07 Å². The van der Waals surface area contributed by atoms with E-state index in [9.17, 15) is 9.18 Å². The number of hydrogen-bond acceptors (Lipinski definition) is 2. The summed E-state index contributed by atoms with van der Waals surface area (Å²) in [5, 5.41) is 2.80. The van der Waals surface area contributed by atoms with Crippen LogP contribution in [0.3, 0.4) is 0 Å². The van der Waals surface area contributed by atoms with Gasteiger partial charge in [0, 0.05) is 17.6 Å². The molecule has 1 rings (SSSR count). The minimum absolute atomic E-state index is 0.0739. The van der Waals surface area contributed by atoms with Gasteiger partial charge in [-0.05, 0) is 41.9 Å². The number of nitrogens with one attached hydrogen (secondary N) is 1. The lowest BCUT2D eigenvalue weighted by atomic mass is 10.3. The standard InChI is InChI=1S/C12H16BrFN2O/c1-8(2)16(3)11(17)7-15-12-9(13)5-4-6-10(12)14/h4-6,8,15H,7H2,1-3H3. The molecule has 0 saturated heterocycles. The first-order valence-electron chi connectivity index (χ1n) is 5.37. The van der Waals surface area contributed by atoms with Gasteiger partial charge in [0.05, 0.1) is 12.2 Å². The van der Waals surface area contributed by atoms with Crippen molar-refractivity contribution in [3.8, 4) is 0 Å². The average Bonchev–Trinajstić information content (AvgIpc) is 2.26. The van der Waals surface area contributed by atoms with Crippen molar-refractivity contribution in [1.82, 2.24) is 4.90 Å². The van der Waals surface area contributed by atoms with Crippen LogP contribution in [0, 0.1) is 5.82 Å². The zero-order chi connectivity index (χ0) is 13.0. The fraction of sp³-hybridized carbons (Fsp3) is 0.417. The molecule has 0 heterocycles. The SMILES string of the molecule is CC(C)N(C)C(=O)CNc1c(F)cccc1Br. The molecule has 5 heteroatoms. The number of rotatable bonds is 4. The van der Waals surface area contributed by atoms with Crippen molar-refractivity contribution in [1.29, 1.82) is 0 Å². The fourth-order valence-corrected chi connectivity index (χ4v) is 1.73. The second-order valence-corrected chi connectivity index (χ2v) is 4.90. The van der Waals surface area contributed by atoms with Gasteiger partial charge in [0.15, 0.2) is 0 Å². The largest absolute Gasteiger partial charge is 0.373 e. The first-order valence-corrected chi connectivity index (χ1v) is 6.16. The normalized spacial score (nSPS) is 10.5. The van der Waals surface area contributed by atoms with E-state index in [-0.39, 0.29) is 24.3 Å². The second kappa shape index (κ2) is 6.00. The van der Waals surface area contributed by atoms with Crippen molar-refractivity contribution in [2.45, 2.75) is 19.9 Å². The summed E-state index contributed by atoms with van der Waals surface area (Å²) in [6.45, 7) is 3.93. The highest BCUT2D eigenvalue weighted by atomic mass is 79.9. The smallest absolute Gasteiger partial charge is 0.241 e. The van der Waals surface area contributed by atoms with Crippen LogP contribution in [0.5, 0.6) is 0 Å². The zero-order valence-corrected chi connectivity index (χ0v) is 11.7. The summed E-state index contributed by atoms with van der Waals surface area (Å²) in [4.78, 5) is 13.3. The van der Waals surface area contributed by atoms with Crippen LogP contribution in [0.1, 0.15) is 13.8 Å². The van der Waals surface area contributed by atoms with Gasteiger partial charge < -0.3 is 10.2 Å². The van der Waals surface area contributed by atoms with Gasteiger partial charge >= 0.3 is 0 Å². The number of hydrogen-bond donors (Lipinski definition) is 1. The second-order valence-electron chi connectivity index (χ2n) is 4.05. The molecule has 1 N–H and O–H groups in total. The van der Waals surface area contributed by atoms with E-state index in [1.165, 1.54) is 6.07 Å². The van der Waals surface area contributed by atoms with E-state index in [0.29, 0.717) is 10.2 Å². The van der Waals surface area contributed by atoms with Gasteiger partial charge in [-0.3, -0.25) is 4.79 Å². The molecule has 0 unspecified atom stereocenters. The number of halogens is 2. The third kappa shape index (κ3) is 3.70. The third-order valence-corrected chi connectivity index (χ3v) is 3.21. The molecule has 0 radical (unpaired) electrons. The molecule has 0 saturated carbocycles. The molecule has 0 aliphatic heterocycles. The van der Waals surface area contributed by atoms with Crippen LogP contribution in [-0.4, -0.2) is 30.4 Å². The lowest BCUT2D eigenvalue weighted by molar-refractivity contribution is -0.129. The van der Waals surface area contributed by atoms with Crippen molar-refractivity contribution < 1.29 is 9.18 Å². The number of nitrogens with zero attached hydrogens (tertiary/aromatic N) is 1. The Morgan fingerprint density at radius 2 is 2.18 bits per heavy atom. The monoisotopic (exact) mass is 302 g/mol.